The quantitative estimate of drug-likeness (QED) is 0.840. The number of benzene rings is 1. The van der Waals surface area contributed by atoms with E-state index >= 15 is 0 Å². The molecule has 0 spiro atoms. The Kier molecular flexibility index (Phi) is 4.18. The Morgan fingerprint density at radius 2 is 1.88 bits per heavy atom. The standard InChI is InChI=1S/C14H15NOS/c1-11-13(9-16)7-8-14(15-11)17-10-12-5-3-2-4-6-12/h2-8,16H,9-10H2,1H3. The van der Waals surface area contributed by atoms with Gasteiger partial charge >= 0.3 is 0 Å². The van der Waals surface area contributed by atoms with Gasteiger partial charge in [0.05, 0.1) is 11.6 Å². The summed E-state index contributed by atoms with van der Waals surface area (Å²) in [5.74, 6) is 0.922. The summed E-state index contributed by atoms with van der Waals surface area (Å²) >= 11 is 1.71. The van der Waals surface area contributed by atoms with Crippen molar-refractivity contribution >= 4 is 11.8 Å². The van der Waals surface area contributed by atoms with Crippen LogP contribution in [0.1, 0.15) is 16.8 Å². The van der Waals surface area contributed by atoms with Crippen LogP contribution < -0.4 is 0 Å². The number of hydrogen-bond acceptors (Lipinski definition) is 3. The minimum atomic E-state index is 0.0580. The molecule has 88 valence electrons. The van der Waals surface area contributed by atoms with Crippen LogP contribution in [0, 0.1) is 6.92 Å². The first-order valence-electron chi connectivity index (χ1n) is 5.53. The molecule has 0 saturated carbocycles. The Morgan fingerprint density at radius 1 is 1.12 bits per heavy atom. The predicted octanol–water partition coefficient (Wildman–Crippen LogP) is 3.17. The van der Waals surface area contributed by atoms with Crippen molar-refractivity contribution < 1.29 is 5.11 Å². The molecule has 0 aliphatic rings. The maximum atomic E-state index is 9.07. The number of aromatic nitrogens is 1. The zero-order chi connectivity index (χ0) is 12.1. The van der Waals surface area contributed by atoms with Crippen LogP contribution in [0.15, 0.2) is 47.5 Å². The molecule has 1 N–H and O–H groups in total. The van der Waals surface area contributed by atoms with Crippen LogP contribution in [0.4, 0.5) is 0 Å². The summed E-state index contributed by atoms with van der Waals surface area (Å²) in [7, 11) is 0. The molecular weight excluding hydrogens is 230 g/mol. The summed E-state index contributed by atoms with van der Waals surface area (Å²) < 4.78 is 0. The molecule has 0 bridgehead atoms. The van der Waals surface area contributed by atoms with Crippen LogP contribution in [-0.2, 0) is 12.4 Å². The molecule has 0 saturated heterocycles. The number of thioether (sulfide) groups is 1. The van der Waals surface area contributed by atoms with Gasteiger partial charge in [-0.05, 0) is 24.1 Å². The number of aliphatic hydroxyl groups is 1. The second kappa shape index (κ2) is 5.84. The van der Waals surface area contributed by atoms with E-state index in [0.717, 1.165) is 22.0 Å². The SMILES string of the molecule is Cc1nc(SCc2ccccc2)ccc1CO. The second-order valence-electron chi connectivity index (χ2n) is 3.83. The first-order chi connectivity index (χ1) is 8.29. The molecule has 1 aromatic carbocycles. The molecule has 0 aliphatic heterocycles. The van der Waals surface area contributed by atoms with Crippen LogP contribution in [0.5, 0.6) is 0 Å². The topological polar surface area (TPSA) is 33.1 Å². The third-order valence-electron chi connectivity index (χ3n) is 2.57. The van der Waals surface area contributed by atoms with E-state index in [1.54, 1.807) is 11.8 Å². The van der Waals surface area contributed by atoms with Gasteiger partial charge in [0, 0.05) is 11.4 Å². The maximum Gasteiger partial charge on any atom is 0.0966 e. The predicted molar refractivity (Wildman–Crippen MR) is 70.9 cm³/mol. The van der Waals surface area contributed by atoms with E-state index in [-0.39, 0.29) is 6.61 Å². The van der Waals surface area contributed by atoms with Crippen molar-refractivity contribution in [3.8, 4) is 0 Å². The monoisotopic (exact) mass is 245 g/mol. The lowest BCUT2D eigenvalue weighted by molar-refractivity contribution is 0.280. The fourth-order valence-corrected chi connectivity index (χ4v) is 2.42. The summed E-state index contributed by atoms with van der Waals surface area (Å²) in [6.07, 6.45) is 0. The fourth-order valence-electron chi connectivity index (χ4n) is 1.55. The highest BCUT2D eigenvalue weighted by molar-refractivity contribution is 7.98. The molecular formula is C14H15NOS. The normalized spacial score (nSPS) is 10.5. The summed E-state index contributed by atoms with van der Waals surface area (Å²) in [5, 5.41) is 10.1. The third-order valence-corrected chi connectivity index (χ3v) is 3.57. The van der Waals surface area contributed by atoms with Gasteiger partial charge < -0.3 is 5.11 Å². The van der Waals surface area contributed by atoms with Crippen LogP contribution >= 0.6 is 11.8 Å². The minimum absolute atomic E-state index is 0.0580. The van der Waals surface area contributed by atoms with Gasteiger partial charge in [-0.15, -0.1) is 11.8 Å². The number of nitrogens with zero attached hydrogens (tertiary/aromatic N) is 1. The molecule has 0 unspecified atom stereocenters. The molecule has 2 aromatic rings. The lowest BCUT2D eigenvalue weighted by Crippen LogP contribution is -1.93. The van der Waals surface area contributed by atoms with Crippen molar-refractivity contribution in [2.45, 2.75) is 24.3 Å². The van der Waals surface area contributed by atoms with Crippen molar-refractivity contribution in [3.05, 3.63) is 59.3 Å². The number of hydrogen-bond donors (Lipinski definition) is 1. The van der Waals surface area contributed by atoms with E-state index in [1.165, 1.54) is 5.56 Å². The van der Waals surface area contributed by atoms with Crippen LogP contribution in [0.25, 0.3) is 0 Å². The number of rotatable bonds is 4. The summed E-state index contributed by atoms with van der Waals surface area (Å²) in [4.78, 5) is 4.46. The largest absolute Gasteiger partial charge is 0.392 e. The molecule has 0 amide bonds. The molecule has 3 heteroatoms. The lowest BCUT2D eigenvalue weighted by atomic mass is 10.2. The molecule has 1 heterocycles. The van der Waals surface area contributed by atoms with E-state index in [2.05, 4.69) is 17.1 Å². The van der Waals surface area contributed by atoms with Gasteiger partial charge in [-0.3, -0.25) is 0 Å². The fraction of sp³-hybridized carbons (Fsp3) is 0.214. The van der Waals surface area contributed by atoms with E-state index in [1.807, 2.05) is 37.3 Å². The second-order valence-corrected chi connectivity index (χ2v) is 4.82. The maximum absolute atomic E-state index is 9.07. The number of pyridine rings is 1. The van der Waals surface area contributed by atoms with Crippen molar-refractivity contribution in [2.75, 3.05) is 0 Å². The van der Waals surface area contributed by atoms with Gasteiger partial charge in [-0.1, -0.05) is 36.4 Å². The van der Waals surface area contributed by atoms with Crippen molar-refractivity contribution in [3.63, 3.8) is 0 Å². The summed E-state index contributed by atoms with van der Waals surface area (Å²) in [6, 6.07) is 14.2. The van der Waals surface area contributed by atoms with Gasteiger partial charge in [0.15, 0.2) is 0 Å². The molecule has 0 aliphatic carbocycles. The molecule has 0 radical (unpaired) electrons. The van der Waals surface area contributed by atoms with Crippen LogP contribution in [0.2, 0.25) is 0 Å². The Hall–Kier alpha value is -1.32. The van der Waals surface area contributed by atoms with Crippen molar-refractivity contribution in [2.24, 2.45) is 0 Å². The van der Waals surface area contributed by atoms with Crippen molar-refractivity contribution in [1.29, 1.82) is 0 Å². The van der Waals surface area contributed by atoms with Gasteiger partial charge in [0.2, 0.25) is 0 Å². The zero-order valence-corrected chi connectivity index (χ0v) is 10.6. The lowest BCUT2D eigenvalue weighted by Gasteiger charge is -2.05. The summed E-state index contributed by atoms with van der Waals surface area (Å²) in [5.41, 5.74) is 3.10. The van der Waals surface area contributed by atoms with E-state index in [9.17, 15) is 0 Å². The molecule has 17 heavy (non-hydrogen) atoms. The highest BCUT2D eigenvalue weighted by atomic mass is 32.2. The average molecular weight is 245 g/mol. The van der Waals surface area contributed by atoms with E-state index < -0.39 is 0 Å². The molecule has 2 nitrogen and oxygen atoms in total. The third kappa shape index (κ3) is 3.32. The average Bonchev–Trinajstić information content (AvgIpc) is 2.38. The Morgan fingerprint density at radius 3 is 2.53 bits per heavy atom. The van der Waals surface area contributed by atoms with Crippen LogP contribution in [-0.4, -0.2) is 10.1 Å². The minimum Gasteiger partial charge on any atom is -0.392 e. The molecule has 0 atom stereocenters. The van der Waals surface area contributed by atoms with Crippen molar-refractivity contribution in [1.82, 2.24) is 4.98 Å². The summed E-state index contributed by atoms with van der Waals surface area (Å²) in [6.45, 7) is 1.99. The van der Waals surface area contributed by atoms with Gasteiger partial charge in [-0.2, -0.15) is 0 Å². The van der Waals surface area contributed by atoms with E-state index in [4.69, 9.17) is 5.11 Å². The van der Waals surface area contributed by atoms with Gasteiger partial charge in [0.1, 0.15) is 0 Å². The molecule has 1 aromatic heterocycles. The zero-order valence-electron chi connectivity index (χ0n) is 9.76. The van der Waals surface area contributed by atoms with Gasteiger partial charge in [0.25, 0.3) is 0 Å². The first-order valence-corrected chi connectivity index (χ1v) is 6.52. The molecule has 2 rings (SSSR count). The Labute approximate surface area is 106 Å². The van der Waals surface area contributed by atoms with Crippen LogP contribution in [0.3, 0.4) is 0 Å². The molecule has 0 fully saturated rings. The Bertz CT molecular complexity index is 485. The highest BCUT2D eigenvalue weighted by Crippen LogP contribution is 2.22. The highest BCUT2D eigenvalue weighted by Gasteiger charge is 2.01. The number of aliphatic hydroxyl groups excluding tert-OH is 1. The first kappa shape index (κ1) is 12.1. The Balaban J connectivity index is 2.02. The van der Waals surface area contributed by atoms with E-state index in [0.29, 0.717) is 0 Å². The van der Waals surface area contributed by atoms with Gasteiger partial charge in [-0.25, -0.2) is 4.98 Å². The smallest absolute Gasteiger partial charge is 0.0966 e. The number of aryl methyl sites for hydroxylation is 1.